The van der Waals surface area contributed by atoms with Crippen LogP contribution in [0.15, 0.2) is 41.0 Å². The van der Waals surface area contributed by atoms with Crippen molar-refractivity contribution in [3.05, 3.63) is 47.7 Å². The number of furan rings is 1. The summed E-state index contributed by atoms with van der Waals surface area (Å²) < 4.78 is 5.37. The van der Waals surface area contributed by atoms with Crippen LogP contribution in [-0.2, 0) is 0 Å². The molecule has 1 N–H and O–H groups in total. The van der Waals surface area contributed by atoms with Crippen molar-refractivity contribution in [2.45, 2.75) is 20.3 Å². The first-order valence-electron chi connectivity index (χ1n) is 6.15. The van der Waals surface area contributed by atoms with Crippen molar-refractivity contribution >= 4 is 5.91 Å². The van der Waals surface area contributed by atoms with Gasteiger partial charge in [-0.1, -0.05) is 13.0 Å². The first-order valence-corrected chi connectivity index (χ1v) is 6.15. The van der Waals surface area contributed by atoms with Gasteiger partial charge in [0.1, 0.15) is 5.76 Å². The molecule has 2 aromatic rings. The van der Waals surface area contributed by atoms with Gasteiger partial charge in [0.25, 0.3) is 5.91 Å². The van der Waals surface area contributed by atoms with E-state index in [0.717, 1.165) is 23.3 Å². The molecule has 3 nitrogen and oxygen atoms in total. The van der Waals surface area contributed by atoms with E-state index in [1.54, 1.807) is 6.26 Å². The second-order valence-corrected chi connectivity index (χ2v) is 4.26. The second kappa shape index (κ2) is 5.54. The molecule has 0 radical (unpaired) electrons. The fourth-order valence-electron chi connectivity index (χ4n) is 1.85. The first-order chi connectivity index (χ1) is 8.72. The van der Waals surface area contributed by atoms with E-state index >= 15 is 0 Å². The molecule has 0 aliphatic carbocycles. The summed E-state index contributed by atoms with van der Waals surface area (Å²) in [5.41, 5.74) is 2.75. The first kappa shape index (κ1) is 12.4. The lowest BCUT2D eigenvalue weighted by molar-refractivity contribution is 0.0953. The molecule has 0 aliphatic rings. The van der Waals surface area contributed by atoms with Crippen molar-refractivity contribution in [3.8, 4) is 11.3 Å². The predicted molar refractivity (Wildman–Crippen MR) is 71.5 cm³/mol. The monoisotopic (exact) mass is 243 g/mol. The molecular weight excluding hydrogens is 226 g/mol. The molecule has 94 valence electrons. The van der Waals surface area contributed by atoms with Crippen LogP contribution in [0.4, 0.5) is 0 Å². The normalized spacial score (nSPS) is 10.3. The largest absolute Gasteiger partial charge is 0.464 e. The maximum atomic E-state index is 11.8. The van der Waals surface area contributed by atoms with Gasteiger partial charge >= 0.3 is 0 Å². The van der Waals surface area contributed by atoms with Crippen molar-refractivity contribution < 1.29 is 9.21 Å². The maximum absolute atomic E-state index is 11.8. The van der Waals surface area contributed by atoms with Crippen LogP contribution in [-0.4, -0.2) is 12.5 Å². The zero-order valence-electron chi connectivity index (χ0n) is 10.7. The van der Waals surface area contributed by atoms with Gasteiger partial charge in [0.05, 0.1) is 6.26 Å². The van der Waals surface area contributed by atoms with E-state index in [2.05, 4.69) is 5.32 Å². The minimum Gasteiger partial charge on any atom is -0.464 e. The average molecular weight is 243 g/mol. The van der Waals surface area contributed by atoms with E-state index < -0.39 is 0 Å². The Morgan fingerprint density at radius 1 is 1.33 bits per heavy atom. The Kier molecular flexibility index (Phi) is 3.82. The quantitative estimate of drug-likeness (QED) is 0.894. The summed E-state index contributed by atoms with van der Waals surface area (Å²) in [7, 11) is 0. The third-order valence-corrected chi connectivity index (χ3v) is 2.81. The molecule has 18 heavy (non-hydrogen) atoms. The summed E-state index contributed by atoms with van der Waals surface area (Å²) in [6, 6.07) is 9.42. The van der Waals surface area contributed by atoms with Gasteiger partial charge in [-0.15, -0.1) is 0 Å². The number of carbonyl (C=O) groups is 1. The van der Waals surface area contributed by atoms with Crippen molar-refractivity contribution in [2.75, 3.05) is 6.54 Å². The van der Waals surface area contributed by atoms with Crippen molar-refractivity contribution in [1.29, 1.82) is 0 Å². The molecule has 0 saturated carbocycles. The highest BCUT2D eigenvalue weighted by Crippen LogP contribution is 2.24. The van der Waals surface area contributed by atoms with E-state index in [0.29, 0.717) is 12.1 Å². The van der Waals surface area contributed by atoms with Crippen LogP contribution in [0.3, 0.4) is 0 Å². The molecule has 1 heterocycles. The van der Waals surface area contributed by atoms with Crippen LogP contribution in [0, 0.1) is 6.92 Å². The van der Waals surface area contributed by atoms with Crippen LogP contribution in [0.5, 0.6) is 0 Å². The summed E-state index contributed by atoms with van der Waals surface area (Å²) in [5, 5.41) is 2.87. The molecule has 3 heteroatoms. The van der Waals surface area contributed by atoms with Crippen molar-refractivity contribution in [3.63, 3.8) is 0 Å². The van der Waals surface area contributed by atoms with E-state index in [4.69, 9.17) is 4.42 Å². The lowest BCUT2D eigenvalue weighted by Crippen LogP contribution is -2.23. The van der Waals surface area contributed by atoms with Gasteiger partial charge in [0.15, 0.2) is 0 Å². The molecular formula is C15H17NO2. The lowest BCUT2D eigenvalue weighted by Gasteiger charge is -2.07. The average Bonchev–Trinajstić information content (AvgIpc) is 2.89. The minimum absolute atomic E-state index is 0.0223. The van der Waals surface area contributed by atoms with Crippen molar-refractivity contribution in [2.24, 2.45) is 0 Å². The Hall–Kier alpha value is -2.03. The number of nitrogens with one attached hydrogen (secondary N) is 1. The zero-order valence-corrected chi connectivity index (χ0v) is 10.7. The summed E-state index contributed by atoms with van der Waals surface area (Å²) in [6.07, 6.45) is 2.59. The summed E-state index contributed by atoms with van der Waals surface area (Å²) in [6.45, 7) is 4.72. The molecule has 0 aliphatic heterocycles. The van der Waals surface area contributed by atoms with E-state index in [-0.39, 0.29) is 5.91 Å². The molecule has 0 saturated heterocycles. The minimum atomic E-state index is -0.0223. The predicted octanol–water partition coefficient (Wildman–Crippen LogP) is 3.39. The molecule has 0 fully saturated rings. The summed E-state index contributed by atoms with van der Waals surface area (Å²) in [5.74, 6) is 0.805. The number of amides is 1. The van der Waals surface area contributed by atoms with Gasteiger partial charge < -0.3 is 9.73 Å². The van der Waals surface area contributed by atoms with Crippen LogP contribution in [0.1, 0.15) is 29.3 Å². The molecule has 0 bridgehead atoms. The highest BCUT2D eigenvalue weighted by molar-refractivity contribution is 5.95. The highest BCUT2D eigenvalue weighted by Gasteiger charge is 2.09. The fraction of sp³-hybridized carbons (Fsp3) is 0.267. The van der Waals surface area contributed by atoms with Gasteiger partial charge in [0.2, 0.25) is 0 Å². The third-order valence-electron chi connectivity index (χ3n) is 2.81. The Labute approximate surface area is 107 Å². The zero-order chi connectivity index (χ0) is 13.0. The van der Waals surface area contributed by atoms with Gasteiger partial charge in [0, 0.05) is 17.7 Å². The van der Waals surface area contributed by atoms with Crippen LogP contribution in [0.2, 0.25) is 0 Å². The van der Waals surface area contributed by atoms with Gasteiger partial charge in [-0.25, -0.2) is 0 Å². The van der Waals surface area contributed by atoms with Crippen LogP contribution < -0.4 is 5.32 Å². The molecule has 0 spiro atoms. The molecule has 1 aromatic heterocycles. The summed E-state index contributed by atoms with van der Waals surface area (Å²) in [4.78, 5) is 11.8. The van der Waals surface area contributed by atoms with Gasteiger partial charge in [-0.05, 0) is 43.2 Å². The molecule has 0 unspecified atom stereocenters. The smallest absolute Gasteiger partial charge is 0.251 e. The molecule has 2 rings (SSSR count). The molecule has 0 atom stereocenters. The number of aryl methyl sites for hydroxylation is 1. The van der Waals surface area contributed by atoms with E-state index in [1.807, 2.05) is 44.2 Å². The Morgan fingerprint density at radius 3 is 2.78 bits per heavy atom. The van der Waals surface area contributed by atoms with E-state index in [9.17, 15) is 4.79 Å². The molecule has 1 aromatic carbocycles. The number of benzene rings is 1. The highest BCUT2D eigenvalue weighted by atomic mass is 16.3. The number of rotatable bonds is 4. The number of hydrogen-bond donors (Lipinski definition) is 1. The van der Waals surface area contributed by atoms with Crippen molar-refractivity contribution in [1.82, 2.24) is 5.32 Å². The van der Waals surface area contributed by atoms with E-state index in [1.165, 1.54) is 0 Å². The van der Waals surface area contributed by atoms with Gasteiger partial charge in [-0.3, -0.25) is 4.79 Å². The van der Waals surface area contributed by atoms with Crippen LogP contribution >= 0.6 is 0 Å². The topological polar surface area (TPSA) is 42.2 Å². The van der Waals surface area contributed by atoms with Crippen LogP contribution in [0.25, 0.3) is 11.3 Å². The number of hydrogen-bond acceptors (Lipinski definition) is 2. The SMILES string of the molecule is CCCNC(=O)c1ccc(-c2ccco2)c(C)c1. The van der Waals surface area contributed by atoms with Gasteiger partial charge in [-0.2, -0.15) is 0 Å². The fourth-order valence-corrected chi connectivity index (χ4v) is 1.85. The lowest BCUT2D eigenvalue weighted by atomic mass is 10.0. The Balaban J connectivity index is 2.22. The Morgan fingerprint density at radius 2 is 2.17 bits per heavy atom. The Bertz CT molecular complexity index is 529. The molecule has 1 amide bonds. The standard InChI is InChI=1S/C15H17NO2/c1-3-8-16-15(17)12-6-7-13(11(2)10-12)14-5-4-9-18-14/h4-7,9-10H,3,8H2,1-2H3,(H,16,17). The summed E-state index contributed by atoms with van der Waals surface area (Å²) >= 11 is 0. The number of carbonyl (C=O) groups excluding carboxylic acids is 1. The third kappa shape index (κ3) is 2.62. The maximum Gasteiger partial charge on any atom is 0.251 e. The second-order valence-electron chi connectivity index (χ2n) is 4.26.